The van der Waals surface area contributed by atoms with Crippen LogP contribution in [0.4, 0.5) is 5.82 Å². The van der Waals surface area contributed by atoms with E-state index in [-0.39, 0.29) is 5.38 Å². The largest absolute Gasteiger partial charge is 0.355 e. The molecule has 108 valence electrons. The van der Waals surface area contributed by atoms with E-state index in [1.165, 1.54) is 23.1 Å². The first-order valence-corrected chi connectivity index (χ1v) is 8.56. The van der Waals surface area contributed by atoms with Crippen molar-refractivity contribution in [2.75, 3.05) is 11.9 Å². The van der Waals surface area contributed by atoms with E-state index < -0.39 is 0 Å². The maximum Gasteiger partial charge on any atom is 0.140 e. The van der Waals surface area contributed by atoms with E-state index in [2.05, 4.69) is 34.9 Å². The number of hydrogen-bond donors (Lipinski definition) is 0. The molecule has 5 heteroatoms. The van der Waals surface area contributed by atoms with Crippen molar-refractivity contribution < 1.29 is 0 Å². The second-order valence-electron chi connectivity index (χ2n) is 5.46. The van der Waals surface area contributed by atoms with Gasteiger partial charge >= 0.3 is 0 Å². The highest BCUT2D eigenvalue weighted by atomic mass is 35.5. The molecule has 3 nitrogen and oxygen atoms in total. The van der Waals surface area contributed by atoms with Crippen molar-refractivity contribution in [2.24, 2.45) is 0 Å². The minimum Gasteiger partial charge on any atom is -0.355 e. The van der Waals surface area contributed by atoms with Crippen molar-refractivity contribution >= 4 is 39.0 Å². The van der Waals surface area contributed by atoms with Crippen molar-refractivity contribution in [1.29, 1.82) is 0 Å². The zero-order valence-corrected chi connectivity index (χ0v) is 13.5. The molecule has 0 aliphatic heterocycles. The average molecular weight is 310 g/mol. The molecule has 0 saturated heterocycles. The molecular formula is C15H20ClN3S. The SMILES string of the molecule is CCc1cc2c(N(C)C3CCCCC3Cl)ncnc2s1. The third-order valence-electron chi connectivity index (χ3n) is 4.19. The van der Waals surface area contributed by atoms with Gasteiger partial charge in [-0.05, 0) is 25.3 Å². The Labute approximate surface area is 129 Å². The maximum absolute atomic E-state index is 6.53. The van der Waals surface area contributed by atoms with Crippen molar-refractivity contribution in [1.82, 2.24) is 9.97 Å². The third kappa shape index (κ3) is 2.51. The van der Waals surface area contributed by atoms with Crippen molar-refractivity contribution in [3.63, 3.8) is 0 Å². The molecule has 0 spiro atoms. The molecule has 0 bridgehead atoms. The van der Waals surface area contributed by atoms with Gasteiger partial charge < -0.3 is 4.90 Å². The van der Waals surface area contributed by atoms with Crippen LogP contribution in [0.25, 0.3) is 10.2 Å². The van der Waals surface area contributed by atoms with E-state index in [0.29, 0.717) is 6.04 Å². The predicted molar refractivity (Wildman–Crippen MR) is 87.1 cm³/mol. The number of aromatic nitrogens is 2. The quantitative estimate of drug-likeness (QED) is 0.794. The Morgan fingerprint density at radius 2 is 2.15 bits per heavy atom. The van der Waals surface area contributed by atoms with E-state index >= 15 is 0 Å². The summed E-state index contributed by atoms with van der Waals surface area (Å²) in [7, 11) is 2.12. The zero-order chi connectivity index (χ0) is 14.1. The Balaban J connectivity index is 1.98. The number of nitrogens with zero attached hydrogens (tertiary/aromatic N) is 3. The molecule has 1 fully saturated rings. The fourth-order valence-electron chi connectivity index (χ4n) is 3.01. The van der Waals surface area contributed by atoms with Crippen LogP contribution in [0.15, 0.2) is 12.4 Å². The number of hydrogen-bond acceptors (Lipinski definition) is 4. The molecule has 1 aliphatic carbocycles. The van der Waals surface area contributed by atoms with E-state index in [1.54, 1.807) is 17.7 Å². The summed E-state index contributed by atoms with van der Waals surface area (Å²) < 4.78 is 0. The number of aryl methyl sites for hydroxylation is 1. The van der Waals surface area contributed by atoms with E-state index in [0.717, 1.165) is 29.9 Å². The summed E-state index contributed by atoms with van der Waals surface area (Å²) in [5.41, 5.74) is 0. The Hall–Kier alpha value is -0.870. The summed E-state index contributed by atoms with van der Waals surface area (Å²) >= 11 is 8.29. The Morgan fingerprint density at radius 3 is 2.90 bits per heavy atom. The fourth-order valence-corrected chi connectivity index (χ4v) is 4.39. The Bertz CT molecular complexity index is 598. The van der Waals surface area contributed by atoms with Crippen LogP contribution >= 0.6 is 22.9 Å². The number of rotatable bonds is 3. The molecular weight excluding hydrogens is 290 g/mol. The van der Waals surface area contributed by atoms with Gasteiger partial charge in [0.25, 0.3) is 0 Å². The molecule has 1 aliphatic rings. The smallest absolute Gasteiger partial charge is 0.140 e. The van der Waals surface area contributed by atoms with Crippen LogP contribution in [0, 0.1) is 0 Å². The van der Waals surface area contributed by atoms with E-state index in [1.807, 2.05) is 0 Å². The molecule has 1 saturated carbocycles. The Kier molecular flexibility index (Phi) is 4.13. The first-order chi connectivity index (χ1) is 9.70. The second-order valence-corrected chi connectivity index (χ2v) is 7.14. The molecule has 3 rings (SSSR count). The average Bonchev–Trinajstić information content (AvgIpc) is 2.90. The van der Waals surface area contributed by atoms with Crippen molar-refractivity contribution in [2.45, 2.75) is 50.4 Å². The molecule has 20 heavy (non-hydrogen) atoms. The number of halogens is 1. The predicted octanol–water partition coefficient (Wildman–Crippen LogP) is 4.24. The van der Waals surface area contributed by atoms with Gasteiger partial charge in [0.05, 0.1) is 10.8 Å². The van der Waals surface area contributed by atoms with Crippen molar-refractivity contribution in [3.8, 4) is 0 Å². The lowest BCUT2D eigenvalue weighted by molar-refractivity contribution is 0.433. The molecule has 0 N–H and O–H groups in total. The maximum atomic E-state index is 6.53. The highest BCUT2D eigenvalue weighted by Crippen LogP contribution is 2.34. The van der Waals surface area contributed by atoms with Gasteiger partial charge in [-0.2, -0.15) is 0 Å². The van der Waals surface area contributed by atoms with Gasteiger partial charge in [0.15, 0.2) is 0 Å². The summed E-state index contributed by atoms with van der Waals surface area (Å²) in [6, 6.07) is 2.62. The van der Waals surface area contributed by atoms with Gasteiger partial charge in [-0.3, -0.25) is 0 Å². The van der Waals surface area contributed by atoms with Crippen LogP contribution in [-0.2, 0) is 6.42 Å². The zero-order valence-electron chi connectivity index (χ0n) is 12.0. The first kappa shape index (κ1) is 14.1. The summed E-state index contributed by atoms with van der Waals surface area (Å²) in [4.78, 5) is 13.6. The standard InChI is InChI=1S/C15H20ClN3S/c1-3-10-8-11-14(17-9-18-15(11)20-10)19(2)13-7-5-4-6-12(13)16/h8-9,12-13H,3-7H2,1-2H3. The molecule has 2 aromatic rings. The van der Waals surface area contributed by atoms with E-state index in [9.17, 15) is 0 Å². The van der Waals surface area contributed by atoms with Gasteiger partial charge in [-0.1, -0.05) is 19.8 Å². The van der Waals surface area contributed by atoms with Crippen LogP contribution in [0.5, 0.6) is 0 Å². The van der Waals surface area contributed by atoms with Crippen LogP contribution in [0.1, 0.15) is 37.5 Å². The molecule has 2 unspecified atom stereocenters. The van der Waals surface area contributed by atoms with Crippen LogP contribution in [-0.4, -0.2) is 28.4 Å². The number of fused-ring (bicyclic) bond motifs is 1. The summed E-state index contributed by atoms with van der Waals surface area (Å²) in [5.74, 6) is 1.03. The van der Waals surface area contributed by atoms with Gasteiger partial charge in [0, 0.05) is 18.0 Å². The van der Waals surface area contributed by atoms with Gasteiger partial charge in [0.1, 0.15) is 17.0 Å². The normalized spacial score (nSPS) is 23.1. The number of thiophene rings is 1. The highest BCUT2D eigenvalue weighted by Gasteiger charge is 2.28. The third-order valence-corrected chi connectivity index (χ3v) is 5.88. The molecule has 2 aromatic heterocycles. The lowest BCUT2D eigenvalue weighted by Gasteiger charge is -2.35. The lowest BCUT2D eigenvalue weighted by Crippen LogP contribution is -2.41. The molecule has 2 heterocycles. The summed E-state index contributed by atoms with van der Waals surface area (Å²) in [6.07, 6.45) is 7.49. The van der Waals surface area contributed by atoms with Gasteiger partial charge in [-0.25, -0.2) is 9.97 Å². The molecule has 0 radical (unpaired) electrons. The van der Waals surface area contributed by atoms with Crippen LogP contribution in [0.3, 0.4) is 0 Å². The summed E-state index contributed by atoms with van der Waals surface area (Å²) in [5, 5.41) is 1.40. The van der Waals surface area contributed by atoms with Crippen molar-refractivity contribution in [3.05, 3.63) is 17.3 Å². The first-order valence-electron chi connectivity index (χ1n) is 7.31. The second kappa shape index (κ2) is 5.86. The van der Waals surface area contributed by atoms with Crippen LogP contribution in [0.2, 0.25) is 0 Å². The van der Waals surface area contributed by atoms with E-state index in [4.69, 9.17) is 11.6 Å². The van der Waals surface area contributed by atoms with Crippen LogP contribution < -0.4 is 4.90 Å². The molecule has 0 amide bonds. The minimum absolute atomic E-state index is 0.225. The minimum atomic E-state index is 0.225. The van der Waals surface area contributed by atoms with Gasteiger partial charge in [-0.15, -0.1) is 22.9 Å². The fraction of sp³-hybridized carbons (Fsp3) is 0.600. The monoisotopic (exact) mass is 309 g/mol. The molecule has 2 atom stereocenters. The Morgan fingerprint density at radius 1 is 1.35 bits per heavy atom. The lowest BCUT2D eigenvalue weighted by atomic mass is 9.94. The molecule has 0 aromatic carbocycles. The summed E-state index contributed by atoms with van der Waals surface area (Å²) in [6.45, 7) is 2.18. The number of anilines is 1. The topological polar surface area (TPSA) is 29.0 Å². The van der Waals surface area contributed by atoms with Gasteiger partial charge in [0.2, 0.25) is 0 Å². The number of alkyl halides is 1. The highest BCUT2D eigenvalue weighted by molar-refractivity contribution is 7.18.